The molecular formula is C14H10BrF4NO2S. The number of anilines is 1. The van der Waals surface area contributed by atoms with Crippen LogP contribution in [0.5, 0.6) is 0 Å². The van der Waals surface area contributed by atoms with Crippen molar-refractivity contribution in [1.29, 1.82) is 0 Å². The van der Waals surface area contributed by atoms with Crippen LogP contribution >= 0.6 is 15.9 Å². The number of sulfonamides is 1. The molecule has 2 rings (SSSR count). The number of nitrogens with one attached hydrogen (secondary N) is 1. The molecule has 23 heavy (non-hydrogen) atoms. The maximum atomic E-state index is 13.2. The SMILES string of the molecule is Cc1ccc(S(=O)(=O)Nc2c(Br)cc(F)cc2C(F)(F)F)cc1. The molecule has 3 nitrogen and oxygen atoms in total. The van der Waals surface area contributed by atoms with E-state index >= 15 is 0 Å². The lowest BCUT2D eigenvalue weighted by atomic mass is 10.1. The highest BCUT2D eigenvalue weighted by Crippen LogP contribution is 2.40. The molecule has 9 heteroatoms. The van der Waals surface area contributed by atoms with Gasteiger partial charge in [0.25, 0.3) is 10.0 Å². The van der Waals surface area contributed by atoms with Crippen LogP contribution in [-0.4, -0.2) is 8.42 Å². The van der Waals surface area contributed by atoms with E-state index in [2.05, 4.69) is 15.9 Å². The van der Waals surface area contributed by atoms with Gasteiger partial charge in [0, 0.05) is 4.47 Å². The van der Waals surface area contributed by atoms with Crippen molar-refractivity contribution < 1.29 is 26.0 Å². The summed E-state index contributed by atoms with van der Waals surface area (Å²) in [7, 11) is -4.25. The molecular weight excluding hydrogens is 402 g/mol. The molecule has 0 aliphatic heterocycles. The van der Waals surface area contributed by atoms with Gasteiger partial charge in [0.15, 0.2) is 0 Å². The largest absolute Gasteiger partial charge is 0.418 e. The second-order valence-corrected chi connectivity index (χ2v) is 7.26. The summed E-state index contributed by atoms with van der Waals surface area (Å²) in [6, 6.07) is 6.54. The van der Waals surface area contributed by atoms with Crippen molar-refractivity contribution >= 4 is 31.6 Å². The fourth-order valence-corrected chi connectivity index (χ4v) is 3.58. The van der Waals surface area contributed by atoms with Crippen LogP contribution in [-0.2, 0) is 16.2 Å². The van der Waals surface area contributed by atoms with Crippen molar-refractivity contribution in [2.75, 3.05) is 4.72 Å². The van der Waals surface area contributed by atoms with Crippen LogP contribution < -0.4 is 4.72 Å². The first-order chi connectivity index (χ1) is 10.5. The van der Waals surface area contributed by atoms with E-state index in [0.29, 0.717) is 0 Å². The summed E-state index contributed by atoms with van der Waals surface area (Å²) in [5, 5.41) is 0. The minimum absolute atomic E-state index is 0.201. The fourth-order valence-electron chi connectivity index (χ4n) is 1.81. The van der Waals surface area contributed by atoms with Crippen molar-refractivity contribution in [3.63, 3.8) is 0 Å². The number of halogens is 5. The molecule has 0 bridgehead atoms. The normalized spacial score (nSPS) is 12.3. The lowest BCUT2D eigenvalue weighted by Crippen LogP contribution is -2.18. The molecule has 2 aromatic carbocycles. The van der Waals surface area contributed by atoms with Crippen LogP contribution in [0.15, 0.2) is 45.8 Å². The lowest BCUT2D eigenvalue weighted by molar-refractivity contribution is -0.137. The predicted molar refractivity (Wildman–Crippen MR) is 81.1 cm³/mol. The fraction of sp³-hybridized carbons (Fsp3) is 0.143. The topological polar surface area (TPSA) is 46.2 Å². The Balaban J connectivity index is 2.53. The molecule has 1 N–H and O–H groups in total. The Labute approximate surface area is 138 Å². The van der Waals surface area contributed by atoms with Gasteiger partial charge in [-0.2, -0.15) is 13.2 Å². The molecule has 124 valence electrons. The average Bonchev–Trinajstić information content (AvgIpc) is 2.41. The van der Waals surface area contributed by atoms with Gasteiger partial charge in [-0.1, -0.05) is 17.7 Å². The quantitative estimate of drug-likeness (QED) is 0.742. The summed E-state index contributed by atoms with van der Waals surface area (Å²) in [6.45, 7) is 1.74. The zero-order valence-electron chi connectivity index (χ0n) is 11.6. The molecule has 0 aliphatic carbocycles. The van der Waals surface area contributed by atoms with E-state index in [0.717, 1.165) is 11.6 Å². The molecule has 0 fully saturated rings. The maximum absolute atomic E-state index is 13.2. The van der Waals surface area contributed by atoms with Gasteiger partial charge < -0.3 is 0 Å². The van der Waals surface area contributed by atoms with Gasteiger partial charge in [-0.3, -0.25) is 4.72 Å². The van der Waals surface area contributed by atoms with E-state index in [1.807, 2.05) is 4.72 Å². The number of hydrogen-bond acceptors (Lipinski definition) is 2. The van der Waals surface area contributed by atoms with E-state index < -0.39 is 33.3 Å². The van der Waals surface area contributed by atoms with E-state index in [-0.39, 0.29) is 15.4 Å². The molecule has 0 amide bonds. The van der Waals surface area contributed by atoms with Gasteiger partial charge in [-0.25, -0.2) is 12.8 Å². The van der Waals surface area contributed by atoms with Crippen molar-refractivity contribution in [3.8, 4) is 0 Å². The predicted octanol–water partition coefficient (Wildman–Crippen LogP) is 4.72. The highest BCUT2D eigenvalue weighted by atomic mass is 79.9. The smallest absolute Gasteiger partial charge is 0.278 e. The number of alkyl halides is 3. The molecule has 0 unspecified atom stereocenters. The van der Waals surface area contributed by atoms with E-state index in [4.69, 9.17) is 0 Å². The van der Waals surface area contributed by atoms with Crippen LogP contribution in [0.4, 0.5) is 23.2 Å². The molecule has 0 spiro atoms. The Morgan fingerprint density at radius 2 is 1.65 bits per heavy atom. The van der Waals surface area contributed by atoms with Crippen LogP contribution in [0.25, 0.3) is 0 Å². The Morgan fingerprint density at radius 3 is 2.17 bits per heavy atom. The zero-order valence-corrected chi connectivity index (χ0v) is 14.0. The first-order valence-corrected chi connectivity index (χ1v) is 8.44. The second kappa shape index (κ2) is 6.12. The number of benzene rings is 2. The maximum Gasteiger partial charge on any atom is 0.418 e. The Kier molecular flexibility index (Phi) is 4.72. The highest BCUT2D eigenvalue weighted by molar-refractivity contribution is 9.10. The molecule has 0 saturated carbocycles. The molecule has 2 aromatic rings. The Hall–Kier alpha value is -1.61. The van der Waals surface area contributed by atoms with Crippen molar-refractivity contribution in [2.45, 2.75) is 18.0 Å². The second-order valence-electron chi connectivity index (χ2n) is 4.73. The Morgan fingerprint density at radius 1 is 1.09 bits per heavy atom. The average molecular weight is 412 g/mol. The number of hydrogen-bond donors (Lipinski definition) is 1. The Bertz CT molecular complexity index is 833. The lowest BCUT2D eigenvalue weighted by Gasteiger charge is -2.16. The third-order valence-corrected chi connectivity index (χ3v) is 4.92. The summed E-state index contributed by atoms with van der Waals surface area (Å²) in [5.74, 6) is -1.14. The minimum atomic E-state index is -4.92. The van der Waals surface area contributed by atoms with Crippen molar-refractivity contribution in [1.82, 2.24) is 0 Å². The molecule has 0 heterocycles. The molecule has 0 radical (unpaired) electrons. The summed E-state index contributed by atoms with van der Waals surface area (Å²) >= 11 is 2.76. The van der Waals surface area contributed by atoms with Gasteiger partial charge >= 0.3 is 6.18 Å². The van der Waals surface area contributed by atoms with Crippen molar-refractivity contribution in [3.05, 3.63) is 57.8 Å². The standard InChI is InChI=1S/C14H10BrF4NO2S/c1-8-2-4-10(5-3-8)23(21,22)20-13-11(14(17,18)19)6-9(16)7-12(13)15/h2-7,20H,1H3. The van der Waals surface area contributed by atoms with E-state index in [9.17, 15) is 26.0 Å². The first-order valence-electron chi connectivity index (χ1n) is 6.16. The minimum Gasteiger partial charge on any atom is -0.278 e. The summed E-state index contributed by atoms with van der Waals surface area (Å²) in [5.41, 5.74) is -1.39. The molecule has 0 aromatic heterocycles. The van der Waals surface area contributed by atoms with Gasteiger partial charge in [0.05, 0.1) is 16.1 Å². The van der Waals surface area contributed by atoms with Crippen molar-refractivity contribution in [2.24, 2.45) is 0 Å². The van der Waals surface area contributed by atoms with E-state index in [1.54, 1.807) is 6.92 Å². The molecule has 0 aliphatic rings. The summed E-state index contributed by atoms with van der Waals surface area (Å²) < 4.78 is 78.3. The number of aryl methyl sites for hydroxylation is 1. The number of rotatable bonds is 3. The van der Waals surface area contributed by atoms with Crippen LogP contribution in [0.2, 0.25) is 0 Å². The van der Waals surface area contributed by atoms with Crippen LogP contribution in [0.1, 0.15) is 11.1 Å². The monoisotopic (exact) mass is 411 g/mol. The van der Waals surface area contributed by atoms with E-state index in [1.165, 1.54) is 24.3 Å². The van der Waals surface area contributed by atoms with Gasteiger partial charge in [0.1, 0.15) is 5.82 Å². The van der Waals surface area contributed by atoms with Crippen LogP contribution in [0.3, 0.4) is 0 Å². The zero-order chi connectivity index (χ0) is 17.4. The first kappa shape index (κ1) is 17.7. The summed E-state index contributed by atoms with van der Waals surface area (Å²) in [6.07, 6.45) is -4.92. The van der Waals surface area contributed by atoms with Gasteiger partial charge in [0.2, 0.25) is 0 Å². The van der Waals surface area contributed by atoms with Gasteiger partial charge in [-0.05, 0) is 47.1 Å². The molecule has 0 saturated heterocycles. The third kappa shape index (κ3) is 4.03. The van der Waals surface area contributed by atoms with Gasteiger partial charge in [-0.15, -0.1) is 0 Å². The van der Waals surface area contributed by atoms with Crippen LogP contribution in [0, 0.1) is 12.7 Å². The molecule has 0 atom stereocenters. The highest BCUT2D eigenvalue weighted by Gasteiger charge is 2.36. The summed E-state index contributed by atoms with van der Waals surface area (Å²) in [4.78, 5) is -0.201. The third-order valence-electron chi connectivity index (χ3n) is 2.93.